The Morgan fingerprint density at radius 3 is 2.92 bits per heavy atom. The molecule has 24 heavy (non-hydrogen) atoms. The second-order valence-electron chi connectivity index (χ2n) is 5.52. The summed E-state index contributed by atoms with van der Waals surface area (Å²) in [7, 11) is 1.66. The van der Waals surface area contributed by atoms with Gasteiger partial charge in [-0.2, -0.15) is 5.10 Å². The van der Waals surface area contributed by atoms with Crippen molar-refractivity contribution in [3.05, 3.63) is 66.1 Å². The molecule has 4 rings (SSSR count). The fraction of sp³-hybridized carbons (Fsp3) is 0.176. The van der Waals surface area contributed by atoms with Crippen molar-refractivity contribution in [3.8, 4) is 5.75 Å². The van der Waals surface area contributed by atoms with Crippen LogP contribution in [0.5, 0.6) is 5.75 Å². The van der Waals surface area contributed by atoms with Crippen LogP contribution < -0.4 is 15.5 Å². The summed E-state index contributed by atoms with van der Waals surface area (Å²) in [6.45, 7) is 0.605. The van der Waals surface area contributed by atoms with Gasteiger partial charge in [-0.25, -0.2) is 0 Å². The lowest BCUT2D eigenvalue weighted by atomic mass is 10.2. The monoisotopic (exact) mass is 322 g/mol. The maximum Gasteiger partial charge on any atom is 0.140 e. The number of fused-ring (bicyclic) bond motifs is 1. The smallest absolute Gasteiger partial charge is 0.140 e. The first-order valence-electron chi connectivity index (χ1n) is 7.70. The minimum absolute atomic E-state index is 0.0786. The van der Waals surface area contributed by atoms with E-state index in [1.807, 2.05) is 47.7 Å². The number of aromatic nitrogens is 2. The fourth-order valence-corrected chi connectivity index (χ4v) is 2.68. The Labute approximate surface area is 139 Å². The number of amidine groups is 1. The molecule has 1 atom stereocenters. The van der Waals surface area contributed by atoms with E-state index in [9.17, 15) is 0 Å². The molecule has 0 fully saturated rings. The van der Waals surface area contributed by atoms with Crippen LogP contribution in [-0.2, 0) is 6.54 Å². The van der Waals surface area contributed by atoms with Crippen molar-refractivity contribution in [1.82, 2.24) is 25.9 Å². The highest BCUT2D eigenvalue weighted by molar-refractivity contribution is 5.94. The molecule has 0 bridgehead atoms. The van der Waals surface area contributed by atoms with Gasteiger partial charge >= 0.3 is 0 Å². The standard InChI is InChI=1S/C17H18N6O/c1-24-14-4-2-12(3-5-14)8-18-16-6-7-17-19-11-15(23(17)22-16)13-9-20-21-10-13/h2-7,9-11,17,19H,8H2,1H3,(H,18,22)(H,20,21). The highest BCUT2D eigenvalue weighted by Gasteiger charge is 2.28. The van der Waals surface area contributed by atoms with E-state index in [-0.39, 0.29) is 6.17 Å². The van der Waals surface area contributed by atoms with Gasteiger partial charge in [0.05, 0.1) is 25.5 Å². The minimum Gasteiger partial charge on any atom is -0.497 e. The molecule has 0 amide bonds. The molecule has 3 heterocycles. The Morgan fingerprint density at radius 1 is 1.29 bits per heavy atom. The first-order valence-corrected chi connectivity index (χ1v) is 7.70. The number of benzene rings is 1. The number of rotatable bonds is 4. The van der Waals surface area contributed by atoms with E-state index in [1.54, 1.807) is 13.3 Å². The normalized spacial score (nSPS) is 20.4. The first-order chi connectivity index (χ1) is 11.8. The van der Waals surface area contributed by atoms with Gasteiger partial charge in [-0.15, -0.1) is 0 Å². The molecule has 122 valence electrons. The number of aliphatic imine (C=N–C) groups is 1. The number of hydrogen-bond donors (Lipinski definition) is 3. The number of methoxy groups -OCH3 is 1. The van der Waals surface area contributed by atoms with Crippen molar-refractivity contribution >= 4 is 11.5 Å². The zero-order valence-electron chi connectivity index (χ0n) is 13.2. The van der Waals surface area contributed by atoms with E-state index in [1.165, 1.54) is 0 Å². The number of H-pyrrole nitrogens is 1. The van der Waals surface area contributed by atoms with E-state index in [0.29, 0.717) is 6.54 Å². The molecule has 0 saturated heterocycles. The van der Waals surface area contributed by atoms with Crippen LogP contribution in [0.4, 0.5) is 0 Å². The van der Waals surface area contributed by atoms with Crippen LogP contribution >= 0.6 is 0 Å². The predicted molar refractivity (Wildman–Crippen MR) is 91.7 cm³/mol. The highest BCUT2D eigenvalue weighted by Crippen LogP contribution is 2.24. The summed E-state index contributed by atoms with van der Waals surface area (Å²) in [5.74, 6) is 1.67. The van der Waals surface area contributed by atoms with Crippen molar-refractivity contribution in [3.63, 3.8) is 0 Å². The average molecular weight is 322 g/mol. The molecule has 2 aliphatic heterocycles. The third-order valence-electron chi connectivity index (χ3n) is 3.98. The second kappa shape index (κ2) is 6.11. The molecule has 1 unspecified atom stereocenters. The van der Waals surface area contributed by atoms with Gasteiger partial charge in [-0.05, 0) is 29.8 Å². The van der Waals surface area contributed by atoms with Gasteiger partial charge in [0.2, 0.25) is 0 Å². The maximum absolute atomic E-state index is 5.17. The molecule has 0 saturated carbocycles. The Morgan fingerprint density at radius 2 is 2.17 bits per heavy atom. The summed E-state index contributed by atoms with van der Waals surface area (Å²) in [6.07, 6.45) is 9.78. The lowest BCUT2D eigenvalue weighted by Gasteiger charge is -2.31. The number of nitrogens with zero attached hydrogens (tertiary/aromatic N) is 3. The Bertz CT molecular complexity index is 791. The lowest BCUT2D eigenvalue weighted by molar-refractivity contribution is 0.296. The van der Waals surface area contributed by atoms with Crippen LogP contribution in [0, 0.1) is 0 Å². The highest BCUT2D eigenvalue weighted by atomic mass is 16.5. The van der Waals surface area contributed by atoms with Gasteiger partial charge in [-0.1, -0.05) is 12.1 Å². The number of hydrogen-bond acceptors (Lipinski definition) is 5. The van der Waals surface area contributed by atoms with Crippen LogP contribution in [-0.4, -0.2) is 34.3 Å². The van der Waals surface area contributed by atoms with Crippen LogP contribution in [0.1, 0.15) is 11.1 Å². The summed E-state index contributed by atoms with van der Waals surface area (Å²) in [6, 6.07) is 7.93. The third-order valence-corrected chi connectivity index (χ3v) is 3.98. The molecule has 2 aromatic rings. The zero-order valence-corrected chi connectivity index (χ0v) is 13.2. The van der Waals surface area contributed by atoms with Crippen LogP contribution in [0.3, 0.4) is 0 Å². The van der Waals surface area contributed by atoms with E-state index in [0.717, 1.165) is 28.4 Å². The molecule has 7 heteroatoms. The SMILES string of the molecule is COc1ccc(CN=C2C=CC3NC=C(c4cn[nH]c4)N3N2)cc1. The van der Waals surface area contributed by atoms with E-state index in [2.05, 4.69) is 32.0 Å². The van der Waals surface area contributed by atoms with E-state index < -0.39 is 0 Å². The van der Waals surface area contributed by atoms with Crippen molar-refractivity contribution in [1.29, 1.82) is 0 Å². The van der Waals surface area contributed by atoms with Crippen LogP contribution in [0.25, 0.3) is 5.70 Å². The number of nitrogens with one attached hydrogen (secondary N) is 3. The summed E-state index contributed by atoms with van der Waals surface area (Å²) < 4.78 is 5.17. The largest absolute Gasteiger partial charge is 0.497 e. The molecule has 2 aliphatic rings. The summed E-state index contributed by atoms with van der Waals surface area (Å²) in [5.41, 5.74) is 6.52. The van der Waals surface area contributed by atoms with Crippen molar-refractivity contribution < 1.29 is 4.74 Å². The van der Waals surface area contributed by atoms with Crippen molar-refractivity contribution in [2.24, 2.45) is 4.99 Å². The molecule has 1 aromatic carbocycles. The first kappa shape index (κ1) is 14.4. The molecule has 3 N–H and O–H groups in total. The number of aromatic amines is 1. The minimum atomic E-state index is 0.0786. The molecule has 0 spiro atoms. The van der Waals surface area contributed by atoms with Gasteiger partial charge in [0, 0.05) is 18.0 Å². The summed E-state index contributed by atoms with van der Waals surface area (Å²) >= 11 is 0. The second-order valence-corrected chi connectivity index (χ2v) is 5.52. The van der Waals surface area contributed by atoms with Crippen LogP contribution in [0.2, 0.25) is 0 Å². The average Bonchev–Trinajstić information content (AvgIpc) is 3.29. The van der Waals surface area contributed by atoms with E-state index >= 15 is 0 Å². The molecule has 0 aliphatic carbocycles. The molecule has 1 aromatic heterocycles. The Hall–Kier alpha value is -3.22. The summed E-state index contributed by atoms with van der Waals surface area (Å²) in [4.78, 5) is 4.64. The van der Waals surface area contributed by atoms with Gasteiger partial charge in [-0.3, -0.25) is 20.5 Å². The molecule has 7 nitrogen and oxygen atoms in total. The fourth-order valence-electron chi connectivity index (χ4n) is 2.68. The maximum atomic E-state index is 5.17. The predicted octanol–water partition coefficient (Wildman–Crippen LogP) is 1.62. The molecular formula is C17H18N6O. The molecule has 0 radical (unpaired) electrons. The lowest BCUT2D eigenvalue weighted by Crippen LogP contribution is -2.49. The Balaban J connectivity index is 1.47. The van der Waals surface area contributed by atoms with Gasteiger partial charge < -0.3 is 10.1 Å². The van der Waals surface area contributed by atoms with Crippen molar-refractivity contribution in [2.45, 2.75) is 12.7 Å². The van der Waals surface area contributed by atoms with Gasteiger partial charge in [0.25, 0.3) is 0 Å². The number of hydrazine groups is 1. The topological polar surface area (TPSA) is 77.6 Å². The third kappa shape index (κ3) is 2.71. The number of ether oxygens (including phenoxy) is 1. The zero-order chi connectivity index (χ0) is 16.4. The van der Waals surface area contributed by atoms with E-state index in [4.69, 9.17) is 4.74 Å². The molecular weight excluding hydrogens is 304 g/mol. The van der Waals surface area contributed by atoms with Gasteiger partial charge in [0.1, 0.15) is 17.8 Å². The Kier molecular flexibility index (Phi) is 3.66. The van der Waals surface area contributed by atoms with Crippen molar-refractivity contribution in [2.75, 3.05) is 7.11 Å². The summed E-state index contributed by atoms with van der Waals surface area (Å²) in [5, 5.41) is 12.2. The van der Waals surface area contributed by atoms with Crippen LogP contribution in [0.15, 0.2) is 60.0 Å². The quantitative estimate of drug-likeness (QED) is 0.797. The van der Waals surface area contributed by atoms with Gasteiger partial charge in [0.15, 0.2) is 0 Å².